The fourth-order valence-electron chi connectivity index (χ4n) is 4.51. The van der Waals surface area contributed by atoms with Crippen molar-refractivity contribution in [1.29, 1.82) is 0 Å². The third kappa shape index (κ3) is 7.46. The zero-order chi connectivity index (χ0) is 27.8. The number of unbranched alkanes of at least 4 members (excludes halogenated alkanes) is 1. The number of nitrogens with zero attached hydrogens (tertiary/aromatic N) is 2. The predicted octanol–water partition coefficient (Wildman–Crippen LogP) is 8.27. The van der Waals surface area contributed by atoms with Gasteiger partial charge in [0.2, 0.25) is 0 Å². The van der Waals surface area contributed by atoms with E-state index in [-0.39, 0.29) is 16.7 Å². The Balaban J connectivity index is 1.68. The molecule has 204 valence electrons. The minimum absolute atomic E-state index is 0.0363. The molecule has 0 aliphatic heterocycles. The van der Waals surface area contributed by atoms with Gasteiger partial charge in [-0.05, 0) is 78.8 Å². The molecule has 0 aliphatic rings. The standard InChI is InChI=1S/C34H46N2O2/c1-8-33(4,5)27-19-20-31(30(24-27)34(6,7)9-2)38-23-15-14-22-36(25-28-17-12-13-21-35-28)32(37)29-18-11-10-16-26(29)3/h10-13,16-21,24H,8-9,14-15,22-23,25H2,1-7H3. The summed E-state index contributed by atoms with van der Waals surface area (Å²) in [6.07, 6.45) is 5.64. The van der Waals surface area contributed by atoms with Crippen molar-refractivity contribution in [3.05, 3.63) is 94.8 Å². The van der Waals surface area contributed by atoms with Crippen LogP contribution in [0.3, 0.4) is 0 Å². The highest BCUT2D eigenvalue weighted by atomic mass is 16.5. The maximum absolute atomic E-state index is 13.4. The molecule has 0 bridgehead atoms. The zero-order valence-electron chi connectivity index (χ0n) is 24.5. The lowest BCUT2D eigenvalue weighted by molar-refractivity contribution is 0.0735. The number of aromatic nitrogens is 1. The molecule has 38 heavy (non-hydrogen) atoms. The molecule has 0 unspecified atom stereocenters. The lowest BCUT2D eigenvalue weighted by Gasteiger charge is -2.30. The lowest BCUT2D eigenvalue weighted by Crippen LogP contribution is -2.32. The molecule has 0 saturated heterocycles. The van der Waals surface area contributed by atoms with Crippen LogP contribution in [0.15, 0.2) is 66.9 Å². The van der Waals surface area contributed by atoms with Crippen LogP contribution in [0, 0.1) is 6.92 Å². The van der Waals surface area contributed by atoms with Crippen LogP contribution in [0.5, 0.6) is 5.75 Å². The van der Waals surface area contributed by atoms with Gasteiger partial charge in [0.1, 0.15) is 5.75 Å². The Kier molecular flexibility index (Phi) is 10.1. The highest BCUT2D eigenvalue weighted by Gasteiger charge is 2.26. The quantitative estimate of drug-likeness (QED) is 0.216. The first kappa shape index (κ1) is 29.4. The van der Waals surface area contributed by atoms with Crippen molar-refractivity contribution in [3.63, 3.8) is 0 Å². The second kappa shape index (κ2) is 13.1. The van der Waals surface area contributed by atoms with Crippen molar-refractivity contribution in [2.75, 3.05) is 13.2 Å². The summed E-state index contributed by atoms with van der Waals surface area (Å²) in [5.41, 5.74) is 5.46. The molecule has 3 aromatic rings. The van der Waals surface area contributed by atoms with Crippen LogP contribution in [0.2, 0.25) is 0 Å². The van der Waals surface area contributed by atoms with E-state index >= 15 is 0 Å². The molecule has 3 rings (SSSR count). The molecule has 4 nitrogen and oxygen atoms in total. The predicted molar refractivity (Wildman–Crippen MR) is 158 cm³/mol. The first-order chi connectivity index (χ1) is 18.1. The number of aryl methyl sites for hydroxylation is 1. The first-order valence-electron chi connectivity index (χ1n) is 14.1. The minimum atomic E-state index is 0.0363. The van der Waals surface area contributed by atoms with E-state index in [1.54, 1.807) is 6.20 Å². The fraction of sp³-hybridized carbons (Fsp3) is 0.471. The number of rotatable bonds is 13. The Hall–Kier alpha value is -3.14. The summed E-state index contributed by atoms with van der Waals surface area (Å²) in [6.45, 7) is 17.5. The third-order valence-corrected chi connectivity index (χ3v) is 8.08. The van der Waals surface area contributed by atoms with E-state index in [2.05, 4.69) is 64.7 Å². The van der Waals surface area contributed by atoms with Gasteiger partial charge < -0.3 is 9.64 Å². The zero-order valence-corrected chi connectivity index (χ0v) is 24.5. The van der Waals surface area contributed by atoms with Gasteiger partial charge in [-0.15, -0.1) is 0 Å². The van der Waals surface area contributed by atoms with Gasteiger partial charge in [0, 0.05) is 23.9 Å². The van der Waals surface area contributed by atoms with Crippen molar-refractivity contribution in [1.82, 2.24) is 9.88 Å². The summed E-state index contributed by atoms with van der Waals surface area (Å²) in [6, 6.07) is 20.4. The van der Waals surface area contributed by atoms with Crippen LogP contribution in [0.25, 0.3) is 0 Å². The fourth-order valence-corrected chi connectivity index (χ4v) is 4.51. The monoisotopic (exact) mass is 514 g/mol. The SMILES string of the molecule is CCC(C)(C)c1ccc(OCCCCN(Cc2ccccn2)C(=O)c2ccccc2C)c(C(C)(C)CC)c1. The number of carbonyl (C=O) groups is 1. The molecule has 0 saturated carbocycles. The number of ether oxygens (including phenoxy) is 1. The molecular weight excluding hydrogens is 468 g/mol. The van der Waals surface area contributed by atoms with Crippen LogP contribution in [-0.2, 0) is 17.4 Å². The number of benzene rings is 2. The second-order valence-electron chi connectivity index (χ2n) is 11.6. The molecule has 1 amide bonds. The van der Waals surface area contributed by atoms with Gasteiger partial charge in [-0.25, -0.2) is 0 Å². The largest absolute Gasteiger partial charge is 0.493 e. The molecule has 0 fully saturated rings. The Morgan fingerprint density at radius 3 is 2.26 bits per heavy atom. The van der Waals surface area contributed by atoms with E-state index in [0.717, 1.165) is 48.3 Å². The Labute approximate surface area is 230 Å². The summed E-state index contributed by atoms with van der Waals surface area (Å²) in [5, 5.41) is 0. The van der Waals surface area contributed by atoms with E-state index in [0.29, 0.717) is 19.7 Å². The topological polar surface area (TPSA) is 42.4 Å². The molecule has 4 heteroatoms. The maximum Gasteiger partial charge on any atom is 0.254 e. The number of hydrogen-bond acceptors (Lipinski definition) is 3. The molecule has 0 aliphatic carbocycles. The summed E-state index contributed by atoms with van der Waals surface area (Å²) >= 11 is 0. The van der Waals surface area contributed by atoms with Crippen LogP contribution < -0.4 is 4.74 Å². The van der Waals surface area contributed by atoms with Gasteiger partial charge in [0.15, 0.2) is 0 Å². The summed E-state index contributed by atoms with van der Waals surface area (Å²) in [7, 11) is 0. The van der Waals surface area contributed by atoms with E-state index in [1.807, 2.05) is 54.3 Å². The van der Waals surface area contributed by atoms with E-state index in [1.165, 1.54) is 11.1 Å². The van der Waals surface area contributed by atoms with Gasteiger partial charge in [0.25, 0.3) is 5.91 Å². The summed E-state index contributed by atoms with van der Waals surface area (Å²) in [4.78, 5) is 19.8. The lowest BCUT2D eigenvalue weighted by atomic mass is 9.76. The average molecular weight is 515 g/mol. The van der Waals surface area contributed by atoms with Crippen LogP contribution in [0.1, 0.15) is 100.0 Å². The molecule has 2 aromatic carbocycles. The van der Waals surface area contributed by atoms with Crippen LogP contribution in [0.4, 0.5) is 0 Å². The van der Waals surface area contributed by atoms with Gasteiger partial charge in [0.05, 0.1) is 18.8 Å². The first-order valence-corrected chi connectivity index (χ1v) is 14.1. The molecule has 1 heterocycles. The van der Waals surface area contributed by atoms with Gasteiger partial charge in [-0.3, -0.25) is 9.78 Å². The minimum Gasteiger partial charge on any atom is -0.493 e. The number of hydrogen-bond donors (Lipinski definition) is 0. The van der Waals surface area contributed by atoms with Crippen molar-refractivity contribution in [3.8, 4) is 5.75 Å². The summed E-state index contributed by atoms with van der Waals surface area (Å²) < 4.78 is 6.38. The van der Waals surface area contributed by atoms with Gasteiger partial charge >= 0.3 is 0 Å². The molecule has 0 spiro atoms. The normalized spacial score (nSPS) is 11.9. The Bertz CT molecular complexity index is 1180. The van der Waals surface area contributed by atoms with Crippen molar-refractivity contribution in [2.24, 2.45) is 0 Å². The van der Waals surface area contributed by atoms with E-state index in [9.17, 15) is 4.79 Å². The molecule has 1 aromatic heterocycles. The van der Waals surface area contributed by atoms with E-state index in [4.69, 9.17) is 4.74 Å². The maximum atomic E-state index is 13.4. The van der Waals surface area contributed by atoms with Crippen LogP contribution >= 0.6 is 0 Å². The van der Waals surface area contributed by atoms with E-state index < -0.39 is 0 Å². The van der Waals surface area contributed by atoms with Crippen LogP contribution in [-0.4, -0.2) is 28.9 Å². The number of carbonyl (C=O) groups excluding carboxylic acids is 1. The Morgan fingerprint density at radius 1 is 0.895 bits per heavy atom. The van der Waals surface area contributed by atoms with Crippen molar-refractivity contribution in [2.45, 2.75) is 91.5 Å². The number of pyridine rings is 1. The van der Waals surface area contributed by atoms with Gasteiger partial charge in [-0.1, -0.05) is 77.9 Å². The molecule has 0 radical (unpaired) electrons. The van der Waals surface area contributed by atoms with Crippen molar-refractivity contribution >= 4 is 5.91 Å². The Morgan fingerprint density at radius 2 is 1.61 bits per heavy atom. The number of amides is 1. The highest BCUT2D eigenvalue weighted by Crippen LogP contribution is 2.38. The average Bonchev–Trinajstić information content (AvgIpc) is 2.92. The van der Waals surface area contributed by atoms with Gasteiger partial charge in [-0.2, -0.15) is 0 Å². The summed E-state index contributed by atoms with van der Waals surface area (Å²) in [5.74, 6) is 1.03. The third-order valence-electron chi connectivity index (χ3n) is 8.08. The highest BCUT2D eigenvalue weighted by molar-refractivity contribution is 5.95. The second-order valence-corrected chi connectivity index (χ2v) is 11.6. The molecule has 0 atom stereocenters. The smallest absolute Gasteiger partial charge is 0.254 e. The van der Waals surface area contributed by atoms with Crippen molar-refractivity contribution < 1.29 is 9.53 Å². The molecular formula is C34H46N2O2. The molecule has 0 N–H and O–H groups in total.